The van der Waals surface area contributed by atoms with Crippen molar-refractivity contribution in [2.45, 2.75) is 31.6 Å². The molecule has 2 atom stereocenters. The Balaban J connectivity index is 1.58. The number of halogens is 2. The number of carbonyl (C=O) groups excluding carboxylic acids is 2. The maximum atomic E-state index is 12.7. The lowest BCUT2D eigenvalue weighted by atomic mass is 10.1. The number of amides is 2. The van der Waals surface area contributed by atoms with E-state index < -0.39 is 12.1 Å². The van der Waals surface area contributed by atoms with Crippen LogP contribution in [0.3, 0.4) is 0 Å². The summed E-state index contributed by atoms with van der Waals surface area (Å²) in [5, 5.41) is 9.99. The molecule has 1 unspecified atom stereocenters. The van der Waals surface area contributed by atoms with Crippen LogP contribution >= 0.6 is 23.2 Å². The summed E-state index contributed by atoms with van der Waals surface area (Å²) in [7, 11) is 0. The number of rotatable bonds is 8. The second-order valence-electron chi connectivity index (χ2n) is 6.73. The third-order valence-corrected chi connectivity index (χ3v) is 4.85. The van der Waals surface area contributed by atoms with E-state index in [0.717, 1.165) is 11.1 Å². The van der Waals surface area contributed by atoms with Crippen molar-refractivity contribution >= 4 is 40.4 Å². The molecule has 3 rings (SSSR count). The third kappa shape index (κ3) is 6.93. The largest absolute Gasteiger partial charge is 0.445 e. The van der Waals surface area contributed by atoms with E-state index in [1.54, 1.807) is 24.3 Å². The molecule has 1 aliphatic rings. The second-order valence-corrected chi connectivity index (χ2v) is 7.61. The zero-order chi connectivity index (χ0) is 21.3. The van der Waals surface area contributed by atoms with Gasteiger partial charge in [0.1, 0.15) is 17.8 Å². The first kappa shape index (κ1) is 21.9. The maximum Gasteiger partial charge on any atom is 0.408 e. The molecule has 2 amide bonds. The van der Waals surface area contributed by atoms with Gasteiger partial charge in [0.15, 0.2) is 6.10 Å². The fraction of sp³-hybridized carbons (Fsp3) is 0.286. The predicted octanol–water partition coefficient (Wildman–Crippen LogP) is 3.63. The van der Waals surface area contributed by atoms with Crippen molar-refractivity contribution < 1.29 is 19.2 Å². The number of benzene rings is 2. The van der Waals surface area contributed by atoms with Crippen LogP contribution in [0, 0.1) is 0 Å². The summed E-state index contributed by atoms with van der Waals surface area (Å²) in [6.45, 7) is 0.324. The quantitative estimate of drug-likeness (QED) is 0.643. The summed E-state index contributed by atoms with van der Waals surface area (Å²) in [5.41, 5.74) is 1.69. The minimum atomic E-state index is -0.841. The van der Waals surface area contributed by atoms with E-state index in [2.05, 4.69) is 15.8 Å². The molecule has 158 valence electrons. The van der Waals surface area contributed by atoms with Crippen molar-refractivity contribution in [1.82, 2.24) is 10.6 Å². The molecule has 2 aromatic carbocycles. The number of nitrogens with zero attached hydrogens (tertiary/aromatic N) is 1. The zero-order valence-electron chi connectivity index (χ0n) is 16.0. The Morgan fingerprint density at radius 2 is 1.83 bits per heavy atom. The third-order valence-electron chi connectivity index (χ3n) is 4.38. The Morgan fingerprint density at radius 1 is 1.10 bits per heavy atom. The van der Waals surface area contributed by atoms with Gasteiger partial charge in [0.2, 0.25) is 5.91 Å². The molecule has 0 saturated carbocycles. The highest BCUT2D eigenvalue weighted by Crippen LogP contribution is 2.13. The van der Waals surface area contributed by atoms with Crippen LogP contribution < -0.4 is 10.6 Å². The summed E-state index contributed by atoms with van der Waals surface area (Å²) in [6, 6.07) is 15.5. The molecule has 0 aromatic heterocycles. The Morgan fingerprint density at radius 3 is 2.50 bits per heavy atom. The van der Waals surface area contributed by atoms with E-state index >= 15 is 0 Å². The summed E-state index contributed by atoms with van der Waals surface area (Å²) in [4.78, 5) is 30.1. The molecule has 2 aromatic rings. The van der Waals surface area contributed by atoms with Gasteiger partial charge in [-0.05, 0) is 23.3 Å². The van der Waals surface area contributed by atoms with Gasteiger partial charge in [-0.3, -0.25) is 4.79 Å². The number of alkyl carbamates (subject to hydrolysis) is 1. The topological polar surface area (TPSA) is 89.0 Å². The minimum absolute atomic E-state index is 0.105. The number of oxime groups is 1. The van der Waals surface area contributed by atoms with E-state index in [-0.39, 0.29) is 31.6 Å². The monoisotopic (exact) mass is 449 g/mol. The van der Waals surface area contributed by atoms with Gasteiger partial charge in [-0.15, -0.1) is 0 Å². The molecule has 0 bridgehead atoms. The Bertz CT molecular complexity index is 891. The van der Waals surface area contributed by atoms with Gasteiger partial charge in [0, 0.05) is 17.9 Å². The molecule has 1 heterocycles. The van der Waals surface area contributed by atoms with Crippen molar-refractivity contribution in [3.05, 3.63) is 70.7 Å². The highest BCUT2D eigenvalue weighted by Gasteiger charge is 2.25. The van der Waals surface area contributed by atoms with Gasteiger partial charge in [0.25, 0.3) is 0 Å². The van der Waals surface area contributed by atoms with E-state index in [0.29, 0.717) is 16.6 Å². The molecule has 2 N–H and O–H groups in total. The van der Waals surface area contributed by atoms with Gasteiger partial charge in [0.05, 0.1) is 6.54 Å². The summed E-state index contributed by atoms with van der Waals surface area (Å²) >= 11 is 11.7. The molecule has 1 aliphatic heterocycles. The van der Waals surface area contributed by atoms with Crippen LogP contribution in [0.5, 0.6) is 0 Å². The normalized spacial score (nSPS) is 16.2. The van der Waals surface area contributed by atoms with Crippen molar-refractivity contribution in [3.8, 4) is 0 Å². The SMILES string of the molecule is O=C(N[C@@H](Cc1ccc(Cl)cc1)C(=O)NCC1CC(Cl)=NO1)OCc1ccccc1. The van der Waals surface area contributed by atoms with E-state index in [1.165, 1.54) is 0 Å². The average molecular weight is 450 g/mol. The van der Waals surface area contributed by atoms with Crippen molar-refractivity contribution in [3.63, 3.8) is 0 Å². The van der Waals surface area contributed by atoms with E-state index in [1.807, 2.05) is 30.3 Å². The predicted molar refractivity (Wildman–Crippen MR) is 114 cm³/mol. The summed E-state index contributed by atoms with van der Waals surface area (Å²) in [5.74, 6) is -0.367. The Labute approximate surface area is 184 Å². The van der Waals surface area contributed by atoms with Gasteiger partial charge >= 0.3 is 6.09 Å². The lowest BCUT2D eigenvalue weighted by molar-refractivity contribution is -0.123. The average Bonchev–Trinajstić information content (AvgIpc) is 3.17. The van der Waals surface area contributed by atoms with E-state index in [4.69, 9.17) is 32.8 Å². The number of hydrogen-bond donors (Lipinski definition) is 2. The maximum absolute atomic E-state index is 12.7. The van der Waals surface area contributed by atoms with Crippen LogP contribution in [0.1, 0.15) is 17.5 Å². The van der Waals surface area contributed by atoms with Gasteiger partial charge in [-0.25, -0.2) is 4.79 Å². The van der Waals surface area contributed by atoms with Gasteiger partial charge < -0.3 is 20.2 Å². The fourth-order valence-electron chi connectivity index (χ4n) is 2.81. The highest BCUT2D eigenvalue weighted by molar-refractivity contribution is 6.65. The summed E-state index contributed by atoms with van der Waals surface area (Å²) < 4.78 is 5.25. The molecular weight excluding hydrogens is 429 g/mol. The Hall–Kier alpha value is -2.77. The number of ether oxygens (including phenoxy) is 1. The first-order valence-electron chi connectivity index (χ1n) is 9.37. The fourth-order valence-corrected chi connectivity index (χ4v) is 3.15. The molecule has 9 heteroatoms. The number of hydrogen-bond acceptors (Lipinski definition) is 5. The van der Waals surface area contributed by atoms with Crippen molar-refractivity contribution in [1.29, 1.82) is 0 Å². The first-order valence-corrected chi connectivity index (χ1v) is 10.1. The molecule has 0 spiro atoms. The molecule has 7 nitrogen and oxygen atoms in total. The Kier molecular flexibility index (Phi) is 7.93. The first-order chi connectivity index (χ1) is 14.5. The van der Waals surface area contributed by atoms with Gasteiger partial charge in [-0.1, -0.05) is 70.8 Å². The summed E-state index contributed by atoms with van der Waals surface area (Å²) in [6.07, 6.45) is -0.318. The smallest absolute Gasteiger partial charge is 0.408 e. The molecule has 0 fully saturated rings. The lowest BCUT2D eigenvalue weighted by Gasteiger charge is -2.19. The van der Waals surface area contributed by atoms with Crippen LogP contribution in [-0.2, 0) is 27.4 Å². The second kappa shape index (κ2) is 10.8. The lowest BCUT2D eigenvalue weighted by Crippen LogP contribution is -2.49. The standard InChI is InChI=1S/C21H21Cl2N3O4/c22-16-8-6-14(7-9-16)10-18(20(27)24-12-17-11-19(23)26-30-17)25-21(28)29-13-15-4-2-1-3-5-15/h1-9,17-18H,10-13H2,(H,24,27)(H,25,28)/t17?,18-/m0/s1. The van der Waals surface area contributed by atoms with E-state index in [9.17, 15) is 9.59 Å². The van der Waals surface area contributed by atoms with Crippen LogP contribution in [0.2, 0.25) is 5.02 Å². The van der Waals surface area contributed by atoms with Crippen LogP contribution in [0.25, 0.3) is 0 Å². The molecular formula is C21H21Cl2N3O4. The van der Waals surface area contributed by atoms with Crippen LogP contribution in [0.15, 0.2) is 59.8 Å². The van der Waals surface area contributed by atoms with Gasteiger partial charge in [-0.2, -0.15) is 0 Å². The van der Waals surface area contributed by atoms with Crippen LogP contribution in [-0.4, -0.2) is 35.9 Å². The van der Waals surface area contributed by atoms with Crippen molar-refractivity contribution in [2.24, 2.45) is 5.16 Å². The number of nitrogens with one attached hydrogen (secondary N) is 2. The molecule has 0 radical (unpaired) electrons. The number of carbonyl (C=O) groups is 2. The highest BCUT2D eigenvalue weighted by atomic mass is 35.5. The van der Waals surface area contributed by atoms with Crippen LogP contribution in [0.4, 0.5) is 4.79 Å². The molecule has 0 saturated heterocycles. The van der Waals surface area contributed by atoms with Crippen molar-refractivity contribution in [2.75, 3.05) is 6.54 Å². The minimum Gasteiger partial charge on any atom is -0.445 e. The molecule has 30 heavy (non-hydrogen) atoms. The molecule has 0 aliphatic carbocycles. The zero-order valence-corrected chi connectivity index (χ0v) is 17.5.